The van der Waals surface area contributed by atoms with Crippen LogP contribution in [0.5, 0.6) is 0 Å². The van der Waals surface area contributed by atoms with Gasteiger partial charge < -0.3 is 20.5 Å². The Morgan fingerprint density at radius 3 is 2.83 bits per heavy atom. The Morgan fingerprint density at radius 2 is 2.14 bits per heavy atom. The van der Waals surface area contributed by atoms with E-state index in [1.54, 1.807) is 12.1 Å². The first-order valence-electron chi connectivity index (χ1n) is 10.3. The molecule has 1 aromatic heterocycles. The van der Waals surface area contributed by atoms with Crippen molar-refractivity contribution in [3.8, 4) is 11.1 Å². The number of aromatic nitrogens is 1. The molecule has 4 rings (SSSR count). The first-order valence-corrected chi connectivity index (χ1v) is 10.3. The number of hydrogen-bond acceptors (Lipinski definition) is 6. The van der Waals surface area contributed by atoms with E-state index in [-0.39, 0.29) is 17.7 Å². The number of benzene rings is 1. The van der Waals surface area contributed by atoms with Gasteiger partial charge in [0.1, 0.15) is 11.5 Å². The molecular weight excluding hydrogens is 366 g/mol. The highest BCUT2D eigenvalue weighted by Gasteiger charge is 2.39. The summed E-state index contributed by atoms with van der Waals surface area (Å²) in [4.78, 5) is 15.2. The summed E-state index contributed by atoms with van der Waals surface area (Å²) in [7, 11) is 2.17. The summed E-state index contributed by atoms with van der Waals surface area (Å²) in [5, 5.41) is 15.5. The van der Waals surface area contributed by atoms with Gasteiger partial charge in [0.2, 0.25) is 0 Å². The van der Waals surface area contributed by atoms with E-state index in [4.69, 9.17) is 15.7 Å². The fourth-order valence-electron chi connectivity index (χ4n) is 5.04. The number of piperidine rings is 1. The summed E-state index contributed by atoms with van der Waals surface area (Å²) in [5.74, 6) is 0.979. The topological polar surface area (TPSA) is 108 Å². The Kier molecular flexibility index (Phi) is 5.17. The smallest absolute Gasteiger partial charge is 0.270 e. The third-order valence-electron chi connectivity index (χ3n) is 6.52. The number of rotatable bonds is 4. The number of anilines is 1. The minimum atomic E-state index is -0.362. The zero-order valence-corrected chi connectivity index (χ0v) is 17.3. The maximum absolute atomic E-state index is 12.8. The van der Waals surface area contributed by atoms with Gasteiger partial charge in [-0.25, -0.2) is 0 Å². The highest BCUT2D eigenvalue weighted by Crippen LogP contribution is 2.36. The van der Waals surface area contributed by atoms with Crippen LogP contribution in [0.1, 0.15) is 42.7 Å². The van der Waals surface area contributed by atoms with Crippen molar-refractivity contribution in [3.63, 3.8) is 0 Å². The first-order chi connectivity index (χ1) is 13.8. The molecule has 7 heteroatoms. The number of nitrogens with zero attached hydrogens (tertiary/aromatic N) is 2. The minimum absolute atomic E-state index is 0.0978. The standard InChI is InChI=1S/C22H29N5O2/c1-12-20(13(2)29-26-12)15-6-7-18(23)17(10-15)21(24)22(28)25-16-9-14-5-4-8-27(3)19(14)11-16/h6-7,10,14,16,19,24H,4-5,8-9,11,23H2,1-3H3,(H,25,28). The van der Waals surface area contributed by atoms with E-state index in [0.717, 1.165) is 36.2 Å². The number of aryl methyl sites for hydroxylation is 2. The second-order valence-corrected chi connectivity index (χ2v) is 8.47. The van der Waals surface area contributed by atoms with Crippen LogP contribution < -0.4 is 11.1 Å². The number of carbonyl (C=O) groups is 1. The molecule has 29 heavy (non-hydrogen) atoms. The van der Waals surface area contributed by atoms with Crippen LogP contribution in [0.4, 0.5) is 5.69 Å². The van der Waals surface area contributed by atoms with Gasteiger partial charge in [0.25, 0.3) is 5.91 Å². The lowest BCUT2D eigenvalue weighted by atomic mass is 9.92. The number of amides is 1. The molecule has 3 atom stereocenters. The van der Waals surface area contributed by atoms with E-state index in [0.29, 0.717) is 29.0 Å². The number of hydrogen-bond donors (Lipinski definition) is 3. The lowest BCUT2D eigenvalue weighted by Gasteiger charge is -2.34. The third-order valence-corrected chi connectivity index (χ3v) is 6.52. The molecule has 7 nitrogen and oxygen atoms in total. The molecule has 1 aliphatic heterocycles. The van der Waals surface area contributed by atoms with E-state index in [1.807, 2.05) is 19.9 Å². The molecule has 1 aromatic carbocycles. The fraction of sp³-hybridized carbons (Fsp3) is 0.500. The van der Waals surface area contributed by atoms with Crippen LogP contribution in [-0.2, 0) is 4.79 Å². The average Bonchev–Trinajstić information content (AvgIpc) is 3.25. The van der Waals surface area contributed by atoms with Crippen molar-refractivity contribution in [2.45, 2.75) is 51.6 Å². The minimum Gasteiger partial charge on any atom is -0.398 e. The van der Waals surface area contributed by atoms with Crippen molar-refractivity contribution in [2.24, 2.45) is 5.92 Å². The van der Waals surface area contributed by atoms with Crippen LogP contribution in [0.2, 0.25) is 0 Å². The van der Waals surface area contributed by atoms with E-state index in [1.165, 1.54) is 12.8 Å². The predicted octanol–water partition coefficient (Wildman–Crippen LogP) is 2.90. The Morgan fingerprint density at radius 1 is 1.34 bits per heavy atom. The lowest BCUT2D eigenvalue weighted by molar-refractivity contribution is -0.115. The Hall–Kier alpha value is -2.67. The molecule has 0 radical (unpaired) electrons. The number of nitrogens with one attached hydrogen (secondary N) is 2. The molecule has 4 N–H and O–H groups in total. The monoisotopic (exact) mass is 395 g/mol. The van der Waals surface area contributed by atoms with Gasteiger partial charge >= 0.3 is 0 Å². The Labute approximate surface area is 171 Å². The Balaban J connectivity index is 1.51. The predicted molar refractivity (Wildman–Crippen MR) is 113 cm³/mol. The van der Waals surface area contributed by atoms with Crippen LogP contribution >= 0.6 is 0 Å². The molecule has 1 saturated heterocycles. The van der Waals surface area contributed by atoms with Gasteiger partial charge in [-0.05, 0) is 76.7 Å². The summed E-state index contributed by atoms with van der Waals surface area (Å²) < 4.78 is 5.25. The molecule has 2 fully saturated rings. The van der Waals surface area contributed by atoms with E-state index >= 15 is 0 Å². The normalized spacial score (nSPS) is 24.3. The van der Waals surface area contributed by atoms with Crippen LogP contribution in [0.3, 0.4) is 0 Å². The Bertz CT molecular complexity index is 931. The van der Waals surface area contributed by atoms with Crippen LogP contribution in [0, 0.1) is 25.2 Å². The zero-order valence-electron chi connectivity index (χ0n) is 17.3. The van der Waals surface area contributed by atoms with Gasteiger partial charge in [-0.2, -0.15) is 0 Å². The number of nitrogens with two attached hydrogens (primary N) is 1. The van der Waals surface area contributed by atoms with Crippen molar-refractivity contribution in [2.75, 3.05) is 19.3 Å². The maximum atomic E-state index is 12.8. The third kappa shape index (κ3) is 3.67. The van der Waals surface area contributed by atoms with Crippen LogP contribution in [0.25, 0.3) is 11.1 Å². The van der Waals surface area contributed by atoms with Crippen molar-refractivity contribution in [1.82, 2.24) is 15.4 Å². The summed E-state index contributed by atoms with van der Waals surface area (Å²) in [6, 6.07) is 6.04. The van der Waals surface area contributed by atoms with E-state index in [2.05, 4.69) is 22.4 Å². The molecule has 2 aliphatic rings. The van der Waals surface area contributed by atoms with Gasteiger partial charge in [0, 0.05) is 28.9 Å². The van der Waals surface area contributed by atoms with Gasteiger partial charge in [-0.15, -0.1) is 0 Å². The van der Waals surface area contributed by atoms with E-state index < -0.39 is 0 Å². The van der Waals surface area contributed by atoms with Crippen molar-refractivity contribution in [3.05, 3.63) is 35.2 Å². The van der Waals surface area contributed by atoms with Crippen molar-refractivity contribution in [1.29, 1.82) is 5.41 Å². The molecule has 1 amide bonds. The van der Waals surface area contributed by atoms with Gasteiger partial charge in [0.15, 0.2) is 0 Å². The second-order valence-electron chi connectivity index (χ2n) is 8.47. The molecule has 1 aliphatic carbocycles. The number of carbonyl (C=O) groups excluding carboxylic acids is 1. The summed E-state index contributed by atoms with van der Waals surface area (Å²) in [6.45, 7) is 4.85. The number of fused-ring (bicyclic) bond motifs is 1. The van der Waals surface area contributed by atoms with Gasteiger partial charge in [0.05, 0.1) is 5.69 Å². The molecule has 154 valence electrons. The highest BCUT2D eigenvalue weighted by atomic mass is 16.5. The SMILES string of the molecule is Cc1noc(C)c1-c1ccc(N)c(C(=N)C(=O)NC2CC3CCCN(C)C3C2)c1. The van der Waals surface area contributed by atoms with Crippen molar-refractivity contribution < 1.29 is 9.32 Å². The quantitative estimate of drug-likeness (QED) is 0.545. The van der Waals surface area contributed by atoms with Crippen LogP contribution in [-0.4, -0.2) is 47.4 Å². The molecule has 3 unspecified atom stereocenters. The second kappa shape index (κ2) is 7.63. The summed E-state index contributed by atoms with van der Waals surface area (Å²) in [5.41, 5.74) is 9.36. The van der Waals surface area contributed by atoms with Crippen LogP contribution in [0.15, 0.2) is 22.7 Å². The van der Waals surface area contributed by atoms with Gasteiger partial charge in [-0.1, -0.05) is 11.2 Å². The summed E-state index contributed by atoms with van der Waals surface area (Å²) in [6.07, 6.45) is 4.39. The average molecular weight is 396 g/mol. The number of nitrogen functional groups attached to an aromatic ring is 1. The molecule has 1 saturated carbocycles. The van der Waals surface area contributed by atoms with Crippen molar-refractivity contribution >= 4 is 17.3 Å². The summed E-state index contributed by atoms with van der Waals surface area (Å²) >= 11 is 0. The fourth-order valence-corrected chi connectivity index (χ4v) is 5.04. The van der Waals surface area contributed by atoms with E-state index in [9.17, 15) is 4.79 Å². The maximum Gasteiger partial charge on any atom is 0.270 e. The lowest BCUT2D eigenvalue weighted by Crippen LogP contribution is -2.41. The van der Waals surface area contributed by atoms with Gasteiger partial charge in [-0.3, -0.25) is 10.2 Å². The molecule has 0 spiro atoms. The highest BCUT2D eigenvalue weighted by molar-refractivity contribution is 6.45. The number of likely N-dealkylation sites (tertiary alicyclic amines) is 1. The zero-order chi connectivity index (χ0) is 20.7. The first kappa shape index (κ1) is 19.6. The largest absolute Gasteiger partial charge is 0.398 e. The molecular formula is C22H29N5O2. The molecule has 2 heterocycles. The molecule has 0 bridgehead atoms. The molecule has 2 aromatic rings.